The van der Waals surface area contributed by atoms with Crippen molar-refractivity contribution in [2.45, 2.75) is 18.0 Å². The van der Waals surface area contributed by atoms with Crippen LogP contribution in [0.3, 0.4) is 0 Å². The minimum absolute atomic E-state index is 0.0510. The molecule has 0 heterocycles. The van der Waals surface area contributed by atoms with E-state index < -0.39 is 10.0 Å². The van der Waals surface area contributed by atoms with E-state index in [0.717, 1.165) is 15.4 Å². The fraction of sp³-hybridized carbons (Fsp3) is 0.192. The fourth-order valence-corrected chi connectivity index (χ4v) is 4.37. The topological polar surface area (TPSA) is 66.9 Å². The molecule has 0 saturated carbocycles. The molecular weight excluding hydrogens is 436 g/mol. The number of carbonyl (C=O) groups excluding carboxylic acids is 1. The van der Waals surface area contributed by atoms with Crippen molar-refractivity contribution >= 4 is 22.0 Å². The summed E-state index contributed by atoms with van der Waals surface area (Å²) in [7, 11) is 0.654. The van der Waals surface area contributed by atoms with Gasteiger partial charge in [-0.1, -0.05) is 66.7 Å². The summed E-state index contributed by atoms with van der Waals surface area (Å²) in [5.74, 6) is 0.0810. The third-order valence-electron chi connectivity index (χ3n) is 5.11. The Bertz CT molecular complexity index is 1170. The molecule has 33 heavy (non-hydrogen) atoms. The van der Waals surface area contributed by atoms with E-state index >= 15 is 0 Å². The number of hydrogen-bond donors (Lipinski definition) is 0. The van der Waals surface area contributed by atoms with E-state index in [1.165, 1.54) is 33.3 Å². The largest absolute Gasteiger partial charge is 0.495 e. The van der Waals surface area contributed by atoms with Crippen molar-refractivity contribution in [3.05, 3.63) is 102 Å². The van der Waals surface area contributed by atoms with Gasteiger partial charge in [0.15, 0.2) is 0 Å². The van der Waals surface area contributed by atoms with Crippen molar-refractivity contribution in [1.29, 1.82) is 0 Å². The molecule has 7 heteroatoms. The Morgan fingerprint density at radius 2 is 1.42 bits per heavy atom. The molecule has 6 nitrogen and oxygen atoms in total. The number of rotatable bonds is 9. The molecule has 3 aromatic rings. The lowest BCUT2D eigenvalue weighted by molar-refractivity contribution is -0.127. The molecule has 0 aliphatic rings. The second-order valence-corrected chi connectivity index (χ2v) is 9.82. The van der Waals surface area contributed by atoms with E-state index in [1.807, 2.05) is 60.7 Å². The summed E-state index contributed by atoms with van der Waals surface area (Å²) in [5, 5.41) is 0. The van der Waals surface area contributed by atoms with Gasteiger partial charge in [-0.15, -0.1) is 0 Å². The lowest BCUT2D eigenvalue weighted by Gasteiger charge is -2.22. The third-order valence-corrected chi connectivity index (χ3v) is 6.95. The van der Waals surface area contributed by atoms with Crippen LogP contribution in [0.5, 0.6) is 5.75 Å². The number of nitrogens with zero attached hydrogens (tertiary/aromatic N) is 2. The van der Waals surface area contributed by atoms with Gasteiger partial charge in [-0.05, 0) is 34.9 Å². The highest BCUT2D eigenvalue weighted by molar-refractivity contribution is 7.89. The average Bonchev–Trinajstić information content (AvgIpc) is 2.83. The maximum absolute atomic E-state index is 13.1. The SMILES string of the molecule is COc1ccc(/C=C\C(=O)N(Cc2ccccc2)Cc2ccccc2)cc1S(=O)(=O)N(C)C. The summed E-state index contributed by atoms with van der Waals surface area (Å²) in [6.07, 6.45) is 3.10. The van der Waals surface area contributed by atoms with Crippen LogP contribution in [0, 0.1) is 0 Å². The summed E-state index contributed by atoms with van der Waals surface area (Å²) in [4.78, 5) is 14.9. The molecule has 0 aliphatic heterocycles. The van der Waals surface area contributed by atoms with Crippen molar-refractivity contribution in [2.75, 3.05) is 21.2 Å². The van der Waals surface area contributed by atoms with Gasteiger partial charge in [-0.2, -0.15) is 0 Å². The van der Waals surface area contributed by atoms with Crippen LogP contribution in [-0.4, -0.2) is 44.7 Å². The summed E-state index contributed by atoms with van der Waals surface area (Å²) >= 11 is 0. The van der Waals surface area contributed by atoms with Crippen molar-refractivity contribution in [3.63, 3.8) is 0 Å². The number of methoxy groups -OCH3 is 1. The molecule has 0 atom stereocenters. The number of carbonyl (C=O) groups is 1. The first-order valence-corrected chi connectivity index (χ1v) is 11.9. The van der Waals surface area contributed by atoms with Gasteiger partial charge >= 0.3 is 0 Å². The minimum atomic E-state index is -3.70. The second-order valence-electron chi connectivity index (χ2n) is 7.70. The molecule has 0 radical (unpaired) electrons. The number of hydrogen-bond acceptors (Lipinski definition) is 4. The van der Waals surface area contributed by atoms with Crippen molar-refractivity contribution in [2.24, 2.45) is 0 Å². The average molecular weight is 465 g/mol. The van der Waals surface area contributed by atoms with Crippen LogP contribution in [0.15, 0.2) is 89.8 Å². The lowest BCUT2D eigenvalue weighted by atomic mass is 10.1. The molecule has 0 N–H and O–H groups in total. The van der Waals surface area contributed by atoms with Gasteiger partial charge in [0.1, 0.15) is 10.6 Å². The minimum Gasteiger partial charge on any atom is -0.495 e. The van der Waals surface area contributed by atoms with Crippen LogP contribution < -0.4 is 4.74 Å². The first kappa shape index (κ1) is 24.2. The van der Waals surface area contributed by atoms with E-state index in [1.54, 1.807) is 23.1 Å². The molecule has 0 saturated heterocycles. The van der Waals surface area contributed by atoms with E-state index in [0.29, 0.717) is 18.7 Å². The Kier molecular flexibility index (Phi) is 8.03. The number of ether oxygens (including phenoxy) is 1. The van der Waals surface area contributed by atoms with Gasteiger partial charge in [-0.3, -0.25) is 4.79 Å². The van der Waals surface area contributed by atoms with E-state index in [-0.39, 0.29) is 16.6 Å². The molecule has 0 aliphatic carbocycles. The van der Waals surface area contributed by atoms with Crippen LogP contribution in [0.2, 0.25) is 0 Å². The Labute approximate surface area is 195 Å². The summed E-state index contributed by atoms with van der Waals surface area (Å²) < 4.78 is 31.7. The Morgan fingerprint density at radius 1 is 0.879 bits per heavy atom. The highest BCUT2D eigenvalue weighted by Crippen LogP contribution is 2.27. The molecule has 172 valence electrons. The van der Waals surface area contributed by atoms with Crippen molar-refractivity contribution in [1.82, 2.24) is 9.21 Å². The normalized spacial score (nSPS) is 11.6. The van der Waals surface area contributed by atoms with Crippen molar-refractivity contribution in [3.8, 4) is 5.75 Å². The monoisotopic (exact) mass is 464 g/mol. The highest BCUT2D eigenvalue weighted by Gasteiger charge is 2.22. The summed E-state index contributed by atoms with van der Waals surface area (Å²) in [6.45, 7) is 0.920. The predicted octanol–water partition coefficient (Wildman–Crippen LogP) is 4.19. The van der Waals surface area contributed by atoms with Gasteiger partial charge in [0, 0.05) is 33.3 Å². The molecule has 1 amide bonds. The zero-order valence-corrected chi connectivity index (χ0v) is 19.8. The quantitative estimate of drug-likeness (QED) is 0.446. The van der Waals surface area contributed by atoms with Gasteiger partial charge < -0.3 is 9.64 Å². The summed E-state index contributed by atoms with van der Waals surface area (Å²) in [6, 6.07) is 24.4. The molecule has 0 aromatic heterocycles. The Morgan fingerprint density at radius 3 is 1.91 bits per heavy atom. The second kappa shape index (κ2) is 10.9. The highest BCUT2D eigenvalue weighted by atomic mass is 32.2. The molecule has 3 rings (SSSR count). The molecule has 3 aromatic carbocycles. The standard InChI is InChI=1S/C26H28N2O4S/c1-27(2)33(30,31)25-18-21(14-16-24(25)32-3)15-17-26(29)28(19-22-10-6-4-7-11-22)20-23-12-8-5-9-13-23/h4-18H,19-20H2,1-3H3/b17-15-. The Balaban J connectivity index is 1.87. The maximum Gasteiger partial charge on any atom is 0.247 e. The summed E-state index contributed by atoms with van der Waals surface area (Å²) in [5.41, 5.74) is 2.64. The van der Waals surface area contributed by atoms with Gasteiger partial charge in [-0.25, -0.2) is 12.7 Å². The smallest absolute Gasteiger partial charge is 0.247 e. The van der Waals surface area contributed by atoms with E-state index in [2.05, 4.69) is 0 Å². The van der Waals surface area contributed by atoms with Crippen LogP contribution in [-0.2, 0) is 27.9 Å². The third kappa shape index (κ3) is 6.31. The molecule has 0 spiro atoms. The zero-order chi connectivity index (χ0) is 23.8. The lowest BCUT2D eigenvalue weighted by Crippen LogP contribution is -2.28. The number of amides is 1. The van der Waals surface area contributed by atoms with Crippen LogP contribution >= 0.6 is 0 Å². The van der Waals surface area contributed by atoms with E-state index in [4.69, 9.17) is 4.74 Å². The first-order valence-electron chi connectivity index (χ1n) is 10.5. The molecule has 0 bridgehead atoms. The number of benzene rings is 3. The van der Waals surface area contributed by atoms with Crippen LogP contribution in [0.1, 0.15) is 16.7 Å². The first-order chi connectivity index (χ1) is 15.8. The predicted molar refractivity (Wildman–Crippen MR) is 130 cm³/mol. The van der Waals surface area contributed by atoms with Gasteiger partial charge in [0.25, 0.3) is 0 Å². The zero-order valence-electron chi connectivity index (χ0n) is 19.0. The molecular formula is C26H28N2O4S. The van der Waals surface area contributed by atoms with E-state index in [9.17, 15) is 13.2 Å². The fourth-order valence-electron chi connectivity index (χ4n) is 3.29. The maximum atomic E-state index is 13.1. The van der Waals surface area contributed by atoms with Crippen LogP contribution in [0.4, 0.5) is 0 Å². The van der Waals surface area contributed by atoms with Gasteiger partial charge in [0.2, 0.25) is 15.9 Å². The molecule has 0 unspecified atom stereocenters. The van der Waals surface area contributed by atoms with Crippen molar-refractivity contribution < 1.29 is 17.9 Å². The Hall–Kier alpha value is -3.42. The van der Waals surface area contributed by atoms with Gasteiger partial charge in [0.05, 0.1) is 7.11 Å². The molecule has 0 fully saturated rings. The number of sulfonamides is 1. The van der Waals surface area contributed by atoms with Crippen LogP contribution in [0.25, 0.3) is 6.08 Å².